The third kappa shape index (κ3) is 3.73. The van der Waals surface area contributed by atoms with Crippen molar-refractivity contribution in [2.45, 2.75) is 24.9 Å². The second-order valence-corrected chi connectivity index (χ2v) is 5.87. The fourth-order valence-electron chi connectivity index (χ4n) is 1.26. The highest BCUT2D eigenvalue weighted by molar-refractivity contribution is 9.10. The predicted octanol–water partition coefficient (Wildman–Crippen LogP) is 0.281. The van der Waals surface area contributed by atoms with E-state index in [-0.39, 0.29) is 15.7 Å². The molecule has 1 unspecified atom stereocenters. The molecule has 0 aliphatic heterocycles. The van der Waals surface area contributed by atoms with E-state index in [0.29, 0.717) is 13.2 Å². The second kappa shape index (κ2) is 5.89. The zero-order chi connectivity index (χ0) is 13.1. The van der Waals surface area contributed by atoms with Crippen molar-refractivity contribution in [3.05, 3.63) is 4.60 Å². The minimum atomic E-state index is -3.65. The van der Waals surface area contributed by atoms with Crippen LogP contribution >= 0.6 is 15.9 Å². The molecular formula is C8H15BrN4O3S. The van der Waals surface area contributed by atoms with Crippen LogP contribution < -0.4 is 4.72 Å². The van der Waals surface area contributed by atoms with Crippen molar-refractivity contribution in [3.63, 3.8) is 0 Å². The van der Waals surface area contributed by atoms with Gasteiger partial charge in [0.25, 0.3) is 10.0 Å². The molecule has 1 rings (SSSR count). The first-order valence-electron chi connectivity index (χ1n) is 5.03. The van der Waals surface area contributed by atoms with E-state index in [1.807, 2.05) is 6.92 Å². The van der Waals surface area contributed by atoms with Gasteiger partial charge < -0.3 is 4.74 Å². The summed E-state index contributed by atoms with van der Waals surface area (Å²) >= 11 is 3.05. The van der Waals surface area contributed by atoms with Crippen LogP contribution in [0.15, 0.2) is 9.63 Å². The van der Waals surface area contributed by atoms with Crippen LogP contribution in [-0.4, -0.2) is 42.7 Å². The van der Waals surface area contributed by atoms with E-state index < -0.39 is 10.0 Å². The Balaban J connectivity index is 2.83. The monoisotopic (exact) mass is 326 g/mol. The Bertz CT molecular complexity index is 454. The molecule has 0 radical (unpaired) electrons. The first-order valence-corrected chi connectivity index (χ1v) is 7.31. The first kappa shape index (κ1) is 14.6. The van der Waals surface area contributed by atoms with E-state index in [1.165, 1.54) is 11.7 Å². The maximum absolute atomic E-state index is 12.0. The molecule has 0 amide bonds. The zero-order valence-corrected chi connectivity index (χ0v) is 12.2. The SMILES string of the molecule is CCOCC(C)NS(=O)(=O)c1c(Br)nnn1C. The normalized spacial score (nSPS) is 13.9. The minimum Gasteiger partial charge on any atom is -0.380 e. The number of sulfonamides is 1. The number of nitrogens with one attached hydrogen (secondary N) is 1. The summed E-state index contributed by atoms with van der Waals surface area (Å²) in [6.07, 6.45) is 0. The van der Waals surface area contributed by atoms with Crippen LogP contribution in [-0.2, 0) is 21.8 Å². The molecule has 0 saturated heterocycles. The summed E-state index contributed by atoms with van der Waals surface area (Å²) in [6, 6.07) is -0.318. The Morgan fingerprint density at radius 2 is 2.24 bits per heavy atom. The van der Waals surface area contributed by atoms with Crippen LogP contribution in [0.25, 0.3) is 0 Å². The summed E-state index contributed by atoms with van der Waals surface area (Å²) in [6.45, 7) is 4.44. The fraction of sp³-hybridized carbons (Fsp3) is 0.750. The number of nitrogens with zero attached hydrogens (tertiary/aromatic N) is 3. The molecule has 17 heavy (non-hydrogen) atoms. The summed E-state index contributed by atoms with van der Waals surface area (Å²) in [5, 5.41) is 7.25. The van der Waals surface area contributed by atoms with Gasteiger partial charge in [0.1, 0.15) is 0 Å². The van der Waals surface area contributed by atoms with Gasteiger partial charge in [-0.1, -0.05) is 5.21 Å². The van der Waals surface area contributed by atoms with E-state index >= 15 is 0 Å². The zero-order valence-electron chi connectivity index (χ0n) is 9.84. The van der Waals surface area contributed by atoms with Gasteiger partial charge >= 0.3 is 0 Å². The van der Waals surface area contributed by atoms with E-state index in [9.17, 15) is 8.42 Å². The third-order valence-electron chi connectivity index (χ3n) is 1.92. The van der Waals surface area contributed by atoms with Gasteiger partial charge in [-0.2, -0.15) is 0 Å². The number of aryl methyl sites for hydroxylation is 1. The lowest BCUT2D eigenvalue weighted by atomic mass is 10.4. The van der Waals surface area contributed by atoms with Crippen LogP contribution in [0.1, 0.15) is 13.8 Å². The minimum absolute atomic E-state index is 0.000786. The quantitative estimate of drug-likeness (QED) is 0.811. The standard InChI is InChI=1S/C8H15BrN4O3S/c1-4-16-5-6(2)11-17(14,15)8-7(9)10-12-13(8)3/h6,11H,4-5H2,1-3H3. The smallest absolute Gasteiger partial charge is 0.260 e. The Hall–Kier alpha value is -0.510. The summed E-state index contributed by atoms with van der Waals surface area (Å²) < 4.78 is 33.0. The molecule has 0 aliphatic carbocycles. The predicted molar refractivity (Wildman–Crippen MR) is 65.0 cm³/mol. The number of halogens is 1. The molecule has 0 spiro atoms. The van der Waals surface area contributed by atoms with Crippen LogP contribution in [0, 0.1) is 0 Å². The second-order valence-electron chi connectivity index (χ2n) is 3.49. The Morgan fingerprint density at radius 3 is 2.71 bits per heavy atom. The molecule has 9 heteroatoms. The Morgan fingerprint density at radius 1 is 1.59 bits per heavy atom. The maximum atomic E-state index is 12.0. The average Bonchev–Trinajstić information content (AvgIpc) is 2.55. The lowest BCUT2D eigenvalue weighted by Crippen LogP contribution is -2.36. The molecule has 1 N–H and O–H groups in total. The lowest BCUT2D eigenvalue weighted by Gasteiger charge is -2.13. The third-order valence-corrected chi connectivity index (χ3v) is 4.40. The number of hydrogen-bond acceptors (Lipinski definition) is 5. The van der Waals surface area contributed by atoms with E-state index in [0.717, 1.165) is 0 Å². The van der Waals surface area contributed by atoms with Gasteiger partial charge in [0.2, 0.25) is 5.03 Å². The summed E-state index contributed by atoms with van der Waals surface area (Å²) in [7, 11) is -2.13. The highest BCUT2D eigenvalue weighted by atomic mass is 79.9. The van der Waals surface area contributed by atoms with Gasteiger partial charge in [0.15, 0.2) is 4.60 Å². The van der Waals surface area contributed by atoms with Gasteiger partial charge in [-0.15, -0.1) is 5.10 Å². The van der Waals surface area contributed by atoms with Gasteiger partial charge in [0, 0.05) is 19.7 Å². The molecular weight excluding hydrogens is 312 g/mol. The average molecular weight is 327 g/mol. The molecule has 0 aliphatic rings. The van der Waals surface area contributed by atoms with Crippen LogP contribution in [0.5, 0.6) is 0 Å². The molecule has 7 nitrogen and oxygen atoms in total. The number of ether oxygens (including phenoxy) is 1. The van der Waals surface area contributed by atoms with Gasteiger partial charge in [-0.05, 0) is 29.8 Å². The van der Waals surface area contributed by atoms with Gasteiger partial charge in [-0.3, -0.25) is 0 Å². The molecule has 1 atom stereocenters. The van der Waals surface area contributed by atoms with Crippen molar-refractivity contribution in [2.24, 2.45) is 7.05 Å². The molecule has 0 fully saturated rings. The van der Waals surface area contributed by atoms with Crippen LogP contribution in [0.2, 0.25) is 0 Å². The van der Waals surface area contributed by atoms with Gasteiger partial charge in [0.05, 0.1) is 6.61 Å². The molecule has 1 aromatic rings. The Labute approximate surface area is 109 Å². The molecule has 0 bridgehead atoms. The van der Waals surface area contributed by atoms with Crippen molar-refractivity contribution in [2.75, 3.05) is 13.2 Å². The summed E-state index contributed by atoms with van der Waals surface area (Å²) in [5.41, 5.74) is 0. The van der Waals surface area contributed by atoms with Crippen molar-refractivity contribution in [3.8, 4) is 0 Å². The van der Waals surface area contributed by atoms with Crippen molar-refractivity contribution >= 4 is 26.0 Å². The van der Waals surface area contributed by atoms with E-state index in [2.05, 4.69) is 31.0 Å². The van der Waals surface area contributed by atoms with Crippen molar-refractivity contribution in [1.29, 1.82) is 0 Å². The number of aromatic nitrogens is 3. The molecule has 98 valence electrons. The molecule has 0 aromatic carbocycles. The van der Waals surface area contributed by atoms with E-state index in [1.54, 1.807) is 6.92 Å². The summed E-state index contributed by atoms with van der Waals surface area (Å²) in [5.74, 6) is 0. The molecule has 0 saturated carbocycles. The van der Waals surface area contributed by atoms with Crippen LogP contribution in [0.4, 0.5) is 0 Å². The van der Waals surface area contributed by atoms with Crippen LogP contribution in [0.3, 0.4) is 0 Å². The fourth-order valence-corrected chi connectivity index (χ4v) is 3.58. The molecule has 1 heterocycles. The molecule has 1 aromatic heterocycles. The summed E-state index contributed by atoms with van der Waals surface area (Å²) in [4.78, 5) is 0. The maximum Gasteiger partial charge on any atom is 0.260 e. The number of rotatable bonds is 6. The highest BCUT2D eigenvalue weighted by Crippen LogP contribution is 2.17. The highest BCUT2D eigenvalue weighted by Gasteiger charge is 2.25. The lowest BCUT2D eigenvalue weighted by molar-refractivity contribution is 0.133. The number of hydrogen-bond donors (Lipinski definition) is 1. The largest absolute Gasteiger partial charge is 0.380 e. The van der Waals surface area contributed by atoms with Gasteiger partial charge in [-0.25, -0.2) is 17.8 Å². The van der Waals surface area contributed by atoms with Crippen molar-refractivity contribution < 1.29 is 13.2 Å². The Kier molecular flexibility index (Phi) is 5.04. The topological polar surface area (TPSA) is 86.1 Å². The first-order chi connectivity index (χ1) is 7.88. The van der Waals surface area contributed by atoms with E-state index in [4.69, 9.17) is 4.74 Å². The van der Waals surface area contributed by atoms with Crippen molar-refractivity contribution in [1.82, 2.24) is 19.7 Å².